The van der Waals surface area contributed by atoms with E-state index in [1.165, 1.54) is 13.0 Å². The fraction of sp³-hybridized carbons (Fsp3) is 0.318. The number of fused-ring (bicyclic) bond motifs is 1. The zero-order valence-electron chi connectivity index (χ0n) is 18.8. The van der Waals surface area contributed by atoms with Gasteiger partial charge in [-0.25, -0.2) is 9.86 Å². The van der Waals surface area contributed by atoms with Gasteiger partial charge in [-0.15, -0.1) is 4.28 Å². The maximum atomic E-state index is 12.7. The number of hydroxylamine groups is 2. The first-order valence-corrected chi connectivity index (χ1v) is 11.0. The lowest BCUT2D eigenvalue weighted by Gasteiger charge is -2.16. The Labute approximate surface area is 186 Å². The average molecular weight is 463 g/mol. The molecule has 0 aliphatic rings. The van der Waals surface area contributed by atoms with E-state index in [9.17, 15) is 22.8 Å². The minimum atomic E-state index is -4.43. The molecule has 0 atom stereocenters. The Morgan fingerprint density at radius 2 is 1.75 bits per heavy atom. The quantitative estimate of drug-likeness (QED) is 0.255. The molecule has 2 rings (SSSR count). The van der Waals surface area contributed by atoms with Crippen molar-refractivity contribution in [2.75, 3.05) is 26.0 Å². The van der Waals surface area contributed by atoms with Crippen molar-refractivity contribution >= 4 is 38.5 Å². The molecule has 0 saturated carbocycles. The van der Waals surface area contributed by atoms with E-state index in [1.807, 2.05) is 32.8 Å². The van der Waals surface area contributed by atoms with Gasteiger partial charge in [0.1, 0.15) is 11.1 Å². The molecule has 0 spiro atoms. The molecule has 1 heterocycles. The molecule has 0 saturated heterocycles. The van der Waals surface area contributed by atoms with Crippen LogP contribution in [0.15, 0.2) is 56.1 Å². The molecule has 1 aromatic carbocycles. The van der Waals surface area contributed by atoms with Gasteiger partial charge in [-0.2, -0.15) is 8.42 Å². The molecule has 172 valence electrons. The number of anilines is 1. The minimum absolute atomic E-state index is 0.0393. The van der Waals surface area contributed by atoms with Crippen molar-refractivity contribution in [2.45, 2.75) is 27.2 Å². The van der Waals surface area contributed by atoms with Gasteiger partial charge in [0.15, 0.2) is 5.78 Å². The van der Waals surface area contributed by atoms with E-state index in [0.29, 0.717) is 10.4 Å². The fourth-order valence-electron chi connectivity index (χ4n) is 2.60. The predicted molar refractivity (Wildman–Crippen MR) is 122 cm³/mol. The number of ketones is 1. The molecule has 1 aromatic heterocycles. The first-order valence-electron chi connectivity index (χ1n) is 9.64. The van der Waals surface area contributed by atoms with Crippen molar-refractivity contribution in [3.63, 3.8) is 0 Å². The van der Waals surface area contributed by atoms with Crippen LogP contribution in [0.3, 0.4) is 0 Å². The summed E-state index contributed by atoms with van der Waals surface area (Å²) in [5.41, 5.74) is 0.667. The van der Waals surface area contributed by atoms with Crippen molar-refractivity contribution in [2.24, 2.45) is 0 Å². The number of benzene rings is 1. The highest BCUT2D eigenvalue weighted by Gasteiger charge is 2.25. The van der Waals surface area contributed by atoms with E-state index in [0.717, 1.165) is 24.4 Å². The van der Waals surface area contributed by atoms with Gasteiger partial charge in [0.2, 0.25) is 0 Å². The lowest BCUT2D eigenvalue weighted by Crippen LogP contribution is -2.33. The number of amides is 1. The van der Waals surface area contributed by atoms with Crippen LogP contribution in [0.25, 0.3) is 11.0 Å². The molecule has 0 bridgehead atoms. The Bertz CT molecular complexity index is 1270. The summed E-state index contributed by atoms with van der Waals surface area (Å²) in [6.07, 6.45) is 2.63. The van der Waals surface area contributed by atoms with Crippen LogP contribution < -0.4 is 10.5 Å². The summed E-state index contributed by atoms with van der Waals surface area (Å²) in [7, 11) is 0.280. The average Bonchev–Trinajstić information content (AvgIpc) is 2.70. The van der Waals surface area contributed by atoms with Crippen LogP contribution in [-0.2, 0) is 19.2 Å². The summed E-state index contributed by atoms with van der Waals surface area (Å²) in [6, 6.07) is 6.41. The third-order valence-corrected chi connectivity index (χ3v) is 5.76. The summed E-state index contributed by atoms with van der Waals surface area (Å²) >= 11 is 0. The smallest absolute Gasteiger partial charge is 0.349 e. The van der Waals surface area contributed by atoms with Crippen molar-refractivity contribution in [1.29, 1.82) is 0 Å². The Balaban J connectivity index is 2.26. The number of rotatable bonds is 8. The summed E-state index contributed by atoms with van der Waals surface area (Å²) in [5.74, 6) is -1.44. The summed E-state index contributed by atoms with van der Waals surface area (Å²) in [5, 5.41) is 0.898. The van der Waals surface area contributed by atoms with Gasteiger partial charge in [0, 0.05) is 44.7 Å². The molecule has 0 fully saturated rings. The van der Waals surface area contributed by atoms with Crippen LogP contribution in [-0.4, -0.2) is 46.3 Å². The van der Waals surface area contributed by atoms with Gasteiger partial charge < -0.3 is 9.32 Å². The van der Waals surface area contributed by atoms with Gasteiger partial charge >= 0.3 is 15.7 Å². The van der Waals surface area contributed by atoms with E-state index < -0.39 is 33.0 Å². The number of carbonyl (C=O) groups excluding carboxylic acids is 2. The van der Waals surface area contributed by atoms with Crippen LogP contribution in [0.4, 0.5) is 5.69 Å². The Morgan fingerprint density at radius 3 is 2.34 bits per heavy atom. The number of allylic oxidation sites excluding steroid dienone is 4. The highest BCUT2D eigenvalue weighted by atomic mass is 32.2. The lowest BCUT2D eigenvalue weighted by atomic mass is 10.1. The number of nitrogens with zero attached hydrogens (tertiary/aromatic N) is 2. The monoisotopic (exact) mass is 462 g/mol. The van der Waals surface area contributed by atoms with Crippen LogP contribution in [0.1, 0.15) is 37.6 Å². The van der Waals surface area contributed by atoms with Gasteiger partial charge in [-0.3, -0.25) is 9.59 Å². The molecule has 0 aliphatic heterocycles. The molecular formula is C22H26N2O7S. The maximum absolute atomic E-state index is 12.7. The number of carbonyl (C=O) groups is 2. The van der Waals surface area contributed by atoms with Crippen LogP contribution >= 0.6 is 0 Å². The molecule has 10 heteroatoms. The van der Waals surface area contributed by atoms with Crippen LogP contribution in [0, 0.1) is 0 Å². The largest absolute Gasteiger partial charge is 0.422 e. The van der Waals surface area contributed by atoms with Gasteiger partial charge in [-0.05, 0) is 45.0 Å². The van der Waals surface area contributed by atoms with Gasteiger partial charge in [0.05, 0.1) is 4.91 Å². The molecule has 9 nitrogen and oxygen atoms in total. The van der Waals surface area contributed by atoms with Gasteiger partial charge in [-0.1, -0.05) is 11.6 Å². The lowest BCUT2D eigenvalue weighted by molar-refractivity contribution is -0.113. The molecule has 0 N–H and O–H groups in total. The second kappa shape index (κ2) is 9.92. The van der Waals surface area contributed by atoms with Crippen LogP contribution in [0.2, 0.25) is 0 Å². The standard InChI is InChI=1S/C22H26N2O7S/c1-14(2)7-10-18(25)11-15(3)32(28,29)31-24(6)21(26)19-12-16-8-9-17(23(4)5)13-20(16)30-22(19)27/h7-9,11-13H,10H2,1-6H3/b15-11+. The van der Waals surface area contributed by atoms with Crippen molar-refractivity contribution in [3.8, 4) is 0 Å². The predicted octanol–water partition coefficient (Wildman–Crippen LogP) is 3.02. The van der Waals surface area contributed by atoms with Crippen molar-refractivity contribution in [3.05, 3.63) is 62.9 Å². The number of hydrogen-bond donors (Lipinski definition) is 0. The topological polar surface area (TPSA) is 114 Å². The molecule has 1 amide bonds. The zero-order chi connectivity index (χ0) is 24.2. The Morgan fingerprint density at radius 1 is 1.09 bits per heavy atom. The Hall–Kier alpha value is -3.24. The highest BCUT2D eigenvalue weighted by molar-refractivity contribution is 7.90. The summed E-state index contributed by atoms with van der Waals surface area (Å²) < 4.78 is 34.8. The highest BCUT2D eigenvalue weighted by Crippen LogP contribution is 2.21. The molecule has 2 aromatic rings. The van der Waals surface area contributed by atoms with Crippen LogP contribution in [0.5, 0.6) is 0 Å². The normalized spacial score (nSPS) is 11.9. The second-order valence-corrected chi connectivity index (χ2v) is 9.30. The summed E-state index contributed by atoms with van der Waals surface area (Å²) in [6.45, 7) is 4.81. The van der Waals surface area contributed by atoms with E-state index in [2.05, 4.69) is 0 Å². The molecule has 0 radical (unpaired) electrons. The Kier molecular flexibility index (Phi) is 7.76. The van der Waals surface area contributed by atoms with Crippen molar-refractivity contribution < 1.29 is 26.7 Å². The van der Waals surface area contributed by atoms with E-state index in [1.54, 1.807) is 24.3 Å². The first-order chi connectivity index (χ1) is 14.8. The van der Waals surface area contributed by atoms with Gasteiger partial charge in [0.25, 0.3) is 5.91 Å². The summed E-state index contributed by atoms with van der Waals surface area (Å²) in [4.78, 5) is 38.4. The van der Waals surface area contributed by atoms with E-state index in [4.69, 9.17) is 8.70 Å². The maximum Gasteiger partial charge on any atom is 0.349 e. The van der Waals surface area contributed by atoms with E-state index in [-0.39, 0.29) is 16.9 Å². The first kappa shape index (κ1) is 25.0. The van der Waals surface area contributed by atoms with Crippen molar-refractivity contribution in [1.82, 2.24) is 5.06 Å². The third kappa shape index (κ3) is 6.14. The molecular weight excluding hydrogens is 436 g/mol. The zero-order valence-corrected chi connectivity index (χ0v) is 19.6. The van der Waals surface area contributed by atoms with E-state index >= 15 is 0 Å². The molecule has 0 aliphatic carbocycles. The fourth-order valence-corrected chi connectivity index (χ4v) is 3.35. The number of hydrogen-bond acceptors (Lipinski definition) is 8. The molecule has 32 heavy (non-hydrogen) atoms. The minimum Gasteiger partial charge on any atom is -0.422 e. The third-order valence-electron chi connectivity index (χ3n) is 4.43. The molecule has 0 unspecified atom stereocenters. The SMILES string of the molecule is CC(C)=CCC(=O)/C=C(\C)S(=O)(=O)ON(C)C(=O)c1cc2ccc(N(C)C)cc2oc1=O. The second-order valence-electron chi connectivity index (χ2n) is 7.60.